The van der Waals surface area contributed by atoms with E-state index in [-0.39, 0.29) is 24.9 Å². The highest BCUT2D eigenvalue weighted by Crippen LogP contribution is 2.38. The molecular weight excluding hydrogens is 1100 g/mol. The number of nitrogens with one attached hydrogen (secondary N) is 1. The molecule has 0 aliphatic carbocycles. The minimum absolute atomic E-state index is 0.0343. The lowest BCUT2D eigenvalue weighted by atomic mass is 10.0. The Kier molecular flexibility index (Phi) is 62.2. The maximum absolute atomic E-state index is 13.6. The van der Waals surface area contributed by atoms with Gasteiger partial charge in [-0.05, 0) is 128 Å². The number of hydrogen-bond donors (Lipinski definition) is 1. The molecule has 0 fully saturated rings. The number of allylic oxidation sites excluding steroid dienone is 21. The molecule has 9 nitrogen and oxygen atoms in total. The van der Waals surface area contributed by atoms with Gasteiger partial charge in [-0.2, -0.15) is 0 Å². The van der Waals surface area contributed by atoms with E-state index < -0.39 is 26.6 Å². The second-order valence-corrected chi connectivity index (χ2v) is 26.1. The monoisotopic (exact) mass is 1230 g/mol. The summed E-state index contributed by atoms with van der Waals surface area (Å²) in [6, 6.07) is -0.912. The van der Waals surface area contributed by atoms with E-state index in [0.717, 1.165) is 148 Å². The zero-order chi connectivity index (χ0) is 63.5. The first-order valence-corrected chi connectivity index (χ1v) is 37.0. The molecule has 10 heteroatoms. The average molecular weight is 1230 g/mol. The van der Waals surface area contributed by atoms with Crippen LogP contribution in [0.5, 0.6) is 0 Å². The van der Waals surface area contributed by atoms with Crippen molar-refractivity contribution >= 4 is 19.7 Å². The maximum Gasteiger partial charge on any atom is 0.306 e. The third-order valence-corrected chi connectivity index (χ3v) is 16.0. The number of esters is 1. The van der Waals surface area contributed by atoms with Gasteiger partial charge in [0.05, 0.1) is 33.8 Å². The van der Waals surface area contributed by atoms with Crippen molar-refractivity contribution in [2.45, 2.75) is 303 Å². The van der Waals surface area contributed by atoms with Gasteiger partial charge in [-0.1, -0.05) is 283 Å². The highest BCUT2D eigenvalue weighted by Gasteiger charge is 2.27. The first-order valence-electron chi connectivity index (χ1n) is 35.5. The average Bonchev–Trinajstić information content (AvgIpc) is 3.70. The molecule has 498 valence electrons. The molecule has 0 aliphatic heterocycles. The van der Waals surface area contributed by atoms with Gasteiger partial charge in [-0.25, -0.2) is 0 Å². The normalized spacial score (nSPS) is 14.3. The van der Waals surface area contributed by atoms with E-state index in [2.05, 4.69) is 148 Å². The summed E-state index contributed by atoms with van der Waals surface area (Å²) < 4.78 is 30.4. The highest BCUT2D eigenvalue weighted by atomic mass is 31.2. The molecule has 0 spiro atoms. The van der Waals surface area contributed by atoms with Gasteiger partial charge >= 0.3 is 5.97 Å². The van der Waals surface area contributed by atoms with Crippen molar-refractivity contribution in [3.8, 4) is 0 Å². The molecule has 1 N–H and O–H groups in total. The molecule has 0 heterocycles. The van der Waals surface area contributed by atoms with Crippen molar-refractivity contribution in [3.63, 3.8) is 0 Å². The van der Waals surface area contributed by atoms with Crippen molar-refractivity contribution in [2.75, 3.05) is 40.9 Å². The fourth-order valence-corrected chi connectivity index (χ4v) is 10.3. The smallest absolute Gasteiger partial charge is 0.306 e. The van der Waals surface area contributed by atoms with Crippen LogP contribution in [0.4, 0.5) is 0 Å². The molecule has 0 aromatic rings. The Labute approximate surface area is 536 Å². The molecule has 3 unspecified atom stereocenters. The van der Waals surface area contributed by atoms with E-state index in [1.165, 1.54) is 103 Å². The number of rotatable bonds is 63. The van der Waals surface area contributed by atoms with Crippen LogP contribution >= 0.6 is 7.82 Å². The summed E-state index contributed by atoms with van der Waals surface area (Å²) in [6.45, 7) is 6.69. The number of likely N-dealkylation sites (N-methyl/N-ethyl adjacent to an activating group) is 1. The third kappa shape index (κ3) is 66.4. The van der Waals surface area contributed by atoms with Crippen LogP contribution in [-0.2, 0) is 27.9 Å². The number of unbranched alkanes of at least 4 members (excludes halogenated alkanes) is 27. The molecule has 0 bridgehead atoms. The molecule has 0 radical (unpaired) electrons. The number of nitrogens with zero attached hydrogens (tertiary/aromatic N) is 1. The quantitative estimate of drug-likeness (QED) is 0.0212. The van der Waals surface area contributed by atoms with Gasteiger partial charge < -0.3 is 28.5 Å². The van der Waals surface area contributed by atoms with Crippen molar-refractivity contribution in [1.29, 1.82) is 0 Å². The lowest BCUT2D eigenvalue weighted by Gasteiger charge is -2.30. The van der Waals surface area contributed by atoms with Crippen LogP contribution in [0.25, 0.3) is 0 Å². The summed E-state index contributed by atoms with van der Waals surface area (Å²) in [5.41, 5.74) is 0. The standard InChI is InChI=1S/C77H133N2O7P/c1-7-10-13-16-19-22-25-28-30-32-34-36-38-39-41-43-45-47-49-52-55-58-61-64-67-70-77(81)86-75(68-65-62-59-56-53-50-27-24-21-18-15-12-9-3)74(73-85-87(82,83)84-72-71-79(4,5)6)78-76(80)69-66-63-60-57-54-51-48-46-44-42-40-37-35-33-31-29-26-23-20-17-14-11-8-2/h10,13,19-20,22-23,28-31,34-37,39,41-42,44-45,47,65,68,74-75H,7-9,11-12,14-18,21,24-27,32-33,38,40,43,46,48-64,66-67,69-73H2,1-6H3,(H-,78,80,82,83)/b13-10-,22-19-,23-20-,30-28-,31-29-,36-34-,37-35-,41-39-,44-42-,47-45-,68-65+. The van der Waals surface area contributed by atoms with Crippen LogP contribution in [0.2, 0.25) is 0 Å². The van der Waals surface area contributed by atoms with Crippen LogP contribution in [0.3, 0.4) is 0 Å². The SMILES string of the molecule is CC/C=C\C/C=C\C/C=C\C/C=C\C/C=C\C/C=C\CCCCCCCCC(=O)OC(/C=C/CCCCCCCCCCCCC)C(COP(=O)([O-])OCC[N+](C)(C)C)NC(=O)CCCCCCCCC/C=C\C/C=C\C/C=C\C/C=C\CCCCC. The fraction of sp³-hybridized carbons (Fsp3) is 0.688. The van der Waals surface area contributed by atoms with E-state index in [0.29, 0.717) is 23.9 Å². The lowest BCUT2D eigenvalue weighted by Crippen LogP contribution is -2.47. The number of ether oxygens (including phenoxy) is 1. The largest absolute Gasteiger partial charge is 0.756 e. The Morgan fingerprint density at radius 3 is 1.13 bits per heavy atom. The van der Waals surface area contributed by atoms with Gasteiger partial charge in [0.15, 0.2) is 0 Å². The van der Waals surface area contributed by atoms with Crippen LogP contribution < -0.4 is 10.2 Å². The third-order valence-electron chi connectivity index (χ3n) is 15.1. The summed E-state index contributed by atoms with van der Waals surface area (Å²) in [5.74, 6) is -0.574. The van der Waals surface area contributed by atoms with Crippen LogP contribution in [-0.4, -0.2) is 69.4 Å². The predicted molar refractivity (Wildman–Crippen MR) is 376 cm³/mol. The molecule has 0 rings (SSSR count). The molecule has 1 amide bonds. The Balaban J connectivity index is 5.21. The first kappa shape index (κ1) is 83.2. The maximum atomic E-state index is 13.6. The number of quaternary nitrogens is 1. The fourth-order valence-electron chi connectivity index (χ4n) is 9.63. The van der Waals surface area contributed by atoms with E-state index >= 15 is 0 Å². The van der Waals surface area contributed by atoms with Gasteiger partial charge in [0.25, 0.3) is 7.82 Å². The minimum Gasteiger partial charge on any atom is -0.756 e. The van der Waals surface area contributed by atoms with Gasteiger partial charge in [0.2, 0.25) is 5.91 Å². The van der Waals surface area contributed by atoms with E-state index in [9.17, 15) is 19.0 Å². The number of amides is 1. The second kappa shape index (κ2) is 65.1. The molecule has 0 aromatic carbocycles. The van der Waals surface area contributed by atoms with Crippen molar-refractivity contribution < 1.29 is 37.3 Å². The first-order chi connectivity index (χ1) is 42.4. The van der Waals surface area contributed by atoms with Gasteiger partial charge in [0, 0.05) is 12.8 Å². The van der Waals surface area contributed by atoms with Crippen molar-refractivity contribution in [3.05, 3.63) is 134 Å². The molecule has 0 saturated carbocycles. The molecule has 3 atom stereocenters. The van der Waals surface area contributed by atoms with Crippen LogP contribution in [0.1, 0.15) is 290 Å². The molecule has 0 saturated heterocycles. The van der Waals surface area contributed by atoms with Crippen molar-refractivity contribution in [1.82, 2.24) is 5.32 Å². The minimum atomic E-state index is -4.72. The zero-order valence-corrected chi connectivity index (χ0v) is 57.8. The number of carbonyl (C=O) groups is 2. The van der Waals surface area contributed by atoms with Crippen molar-refractivity contribution in [2.24, 2.45) is 0 Å². The Morgan fingerprint density at radius 2 is 0.736 bits per heavy atom. The van der Waals surface area contributed by atoms with E-state index in [1.807, 2.05) is 33.3 Å². The number of carbonyl (C=O) groups excluding carboxylic acids is 2. The number of phosphoric acid groups is 1. The summed E-state index contributed by atoms with van der Waals surface area (Å²) >= 11 is 0. The summed E-state index contributed by atoms with van der Waals surface area (Å²) in [5, 5.41) is 3.03. The van der Waals surface area contributed by atoms with Crippen LogP contribution in [0, 0.1) is 0 Å². The molecular formula is C77H133N2O7P. The van der Waals surface area contributed by atoms with E-state index in [1.54, 1.807) is 0 Å². The zero-order valence-electron chi connectivity index (χ0n) is 56.9. The topological polar surface area (TPSA) is 114 Å². The Bertz CT molecular complexity index is 1950. The summed E-state index contributed by atoms with van der Waals surface area (Å²) in [4.78, 5) is 40.2. The summed E-state index contributed by atoms with van der Waals surface area (Å²) in [6.07, 6.45) is 92.8. The Hall–Kier alpha value is -3.85. The molecule has 0 aromatic heterocycles. The van der Waals surface area contributed by atoms with Crippen LogP contribution in [0.15, 0.2) is 134 Å². The van der Waals surface area contributed by atoms with Gasteiger partial charge in [-0.3, -0.25) is 14.2 Å². The van der Waals surface area contributed by atoms with E-state index in [4.69, 9.17) is 13.8 Å². The highest BCUT2D eigenvalue weighted by molar-refractivity contribution is 7.45. The summed E-state index contributed by atoms with van der Waals surface area (Å²) in [7, 11) is 1.15. The number of hydrogen-bond acceptors (Lipinski definition) is 7. The Morgan fingerprint density at radius 1 is 0.414 bits per heavy atom. The molecule has 0 aliphatic rings. The lowest BCUT2D eigenvalue weighted by molar-refractivity contribution is -0.870. The number of phosphoric ester groups is 1. The predicted octanol–water partition coefficient (Wildman–Crippen LogP) is 22.2. The van der Waals surface area contributed by atoms with Gasteiger partial charge in [0.1, 0.15) is 19.3 Å². The second-order valence-electron chi connectivity index (χ2n) is 24.6. The van der Waals surface area contributed by atoms with Gasteiger partial charge in [-0.15, -0.1) is 0 Å². The molecule has 87 heavy (non-hydrogen) atoms.